The second-order valence-electron chi connectivity index (χ2n) is 5.42. The van der Waals surface area contributed by atoms with Crippen LogP contribution in [0.2, 0.25) is 0 Å². The summed E-state index contributed by atoms with van der Waals surface area (Å²) in [5.41, 5.74) is 3.11. The van der Waals surface area contributed by atoms with E-state index in [4.69, 9.17) is 0 Å². The van der Waals surface area contributed by atoms with E-state index in [1.54, 1.807) is 0 Å². The van der Waals surface area contributed by atoms with Crippen molar-refractivity contribution in [2.45, 2.75) is 24.7 Å². The summed E-state index contributed by atoms with van der Waals surface area (Å²) in [6.45, 7) is 2.24. The zero-order valence-electron chi connectivity index (χ0n) is 11.7. The van der Waals surface area contributed by atoms with E-state index in [0.717, 1.165) is 13.1 Å². The van der Waals surface area contributed by atoms with Crippen molar-refractivity contribution in [1.29, 1.82) is 0 Å². The van der Waals surface area contributed by atoms with Gasteiger partial charge in [0.05, 0.1) is 0 Å². The average molecular weight is 288 g/mol. The van der Waals surface area contributed by atoms with Gasteiger partial charge in [0.15, 0.2) is 0 Å². The number of rotatable bonds is 2. The van der Waals surface area contributed by atoms with E-state index in [1.165, 1.54) is 30.4 Å². The summed E-state index contributed by atoms with van der Waals surface area (Å²) in [4.78, 5) is 0. The molecule has 1 nitrogen and oxygen atoms in total. The van der Waals surface area contributed by atoms with E-state index < -0.39 is 0 Å². The van der Waals surface area contributed by atoms with Crippen LogP contribution in [0, 0.1) is 0 Å². The molecule has 3 rings (SSSR count). The lowest BCUT2D eigenvalue weighted by atomic mass is 9.69. The molecule has 1 aliphatic heterocycles. The zero-order chi connectivity index (χ0) is 13.0. The highest BCUT2D eigenvalue weighted by molar-refractivity contribution is 5.85. The van der Waals surface area contributed by atoms with Gasteiger partial charge < -0.3 is 5.32 Å². The van der Waals surface area contributed by atoms with Crippen LogP contribution >= 0.6 is 12.4 Å². The van der Waals surface area contributed by atoms with Crippen molar-refractivity contribution < 1.29 is 0 Å². The minimum atomic E-state index is 0. The number of nitrogens with one attached hydrogen (secondary N) is 1. The number of hydrogen-bond acceptors (Lipinski definition) is 1. The molecule has 1 saturated heterocycles. The number of halogens is 1. The summed E-state index contributed by atoms with van der Waals surface area (Å²) >= 11 is 0. The molecule has 0 radical (unpaired) electrons. The van der Waals surface area contributed by atoms with Gasteiger partial charge in [-0.15, -0.1) is 12.4 Å². The summed E-state index contributed by atoms with van der Waals surface area (Å²) in [5.74, 6) is 0. The van der Waals surface area contributed by atoms with Crippen LogP contribution in [0.3, 0.4) is 0 Å². The molecule has 20 heavy (non-hydrogen) atoms. The highest BCUT2D eigenvalue weighted by Gasteiger charge is 2.34. The molecule has 0 spiro atoms. The average Bonchev–Trinajstić information content (AvgIpc) is 2.76. The first-order valence-electron chi connectivity index (χ1n) is 7.24. The monoisotopic (exact) mass is 287 g/mol. The third kappa shape index (κ3) is 2.89. The Morgan fingerprint density at radius 1 is 0.700 bits per heavy atom. The molecule has 0 amide bonds. The van der Waals surface area contributed by atoms with Crippen molar-refractivity contribution in [2.75, 3.05) is 13.1 Å². The Labute approximate surface area is 127 Å². The molecule has 2 heteroatoms. The first-order valence-corrected chi connectivity index (χ1v) is 7.24. The lowest BCUT2D eigenvalue weighted by Gasteiger charge is -2.34. The maximum Gasteiger partial charge on any atom is 0.0215 e. The second-order valence-corrected chi connectivity index (χ2v) is 5.42. The normalized spacial score (nSPS) is 17.8. The Morgan fingerprint density at radius 3 is 1.80 bits per heavy atom. The number of hydrogen-bond donors (Lipinski definition) is 1. The van der Waals surface area contributed by atoms with Crippen LogP contribution in [0.1, 0.15) is 30.4 Å². The maximum atomic E-state index is 3.54. The maximum absolute atomic E-state index is 3.54. The highest BCUT2D eigenvalue weighted by Crippen LogP contribution is 2.40. The van der Waals surface area contributed by atoms with Crippen molar-refractivity contribution in [3.05, 3.63) is 71.8 Å². The molecule has 0 bridgehead atoms. The fourth-order valence-electron chi connectivity index (χ4n) is 3.33. The first kappa shape index (κ1) is 15.1. The van der Waals surface area contributed by atoms with E-state index in [0.29, 0.717) is 0 Å². The van der Waals surface area contributed by atoms with Crippen LogP contribution in [-0.4, -0.2) is 13.1 Å². The number of benzene rings is 2. The summed E-state index contributed by atoms with van der Waals surface area (Å²) in [6.07, 6.45) is 3.65. The standard InChI is InChI=1S/C18H21N.ClH/c1-3-8-16(9-4-1)18(12-7-14-19-15-13-18)17-10-5-2-6-11-17;/h1-6,8-11,19H,7,12-15H2;1H. The molecule has 2 aromatic rings. The van der Waals surface area contributed by atoms with Gasteiger partial charge in [0, 0.05) is 5.41 Å². The van der Waals surface area contributed by atoms with E-state index in [9.17, 15) is 0 Å². The van der Waals surface area contributed by atoms with Gasteiger partial charge in [-0.05, 0) is 43.5 Å². The van der Waals surface area contributed by atoms with Crippen molar-refractivity contribution in [1.82, 2.24) is 5.32 Å². The van der Waals surface area contributed by atoms with Crippen molar-refractivity contribution in [3.63, 3.8) is 0 Å². The highest BCUT2D eigenvalue weighted by atomic mass is 35.5. The van der Waals surface area contributed by atoms with Crippen LogP contribution in [-0.2, 0) is 5.41 Å². The van der Waals surface area contributed by atoms with Gasteiger partial charge >= 0.3 is 0 Å². The van der Waals surface area contributed by atoms with E-state index in [2.05, 4.69) is 66.0 Å². The molecule has 106 valence electrons. The van der Waals surface area contributed by atoms with Gasteiger partial charge in [-0.3, -0.25) is 0 Å². The Balaban J connectivity index is 0.00000147. The van der Waals surface area contributed by atoms with E-state index in [1.807, 2.05) is 0 Å². The Hall–Kier alpha value is -1.31. The summed E-state index contributed by atoms with van der Waals surface area (Å²) < 4.78 is 0. The summed E-state index contributed by atoms with van der Waals surface area (Å²) in [7, 11) is 0. The molecule has 1 N–H and O–H groups in total. The SMILES string of the molecule is Cl.c1ccc(C2(c3ccccc3)CCCNCC2)cc1. The van der Waals surface area contributed by atoms with Gasteiger partial charge in [-0.1, -0.05) is 60.7 Å². The summed E-state index contributed by atoms with van der Waals surface area (Å²) in [5, 5.41) is 3.54. The molecular weight excluding hydrogens is 266 g/mol. The molecule has 0 aromatic heterocycles. The van der Waals surface area contributed by atoms with Crippen LogP contribution in [0.4, 0.5) is 0 Å². The van der Waals surface area contributed by atoms with Gasteiger partial charge in [-0.2, -0.15) is 0 Å². The van der Waals surface area contributed by atoms with Gasteiger partial charge in [0.25, 0.3) is 0 Å². The van der Waals surface area contributed by atoms with Crippen LogP contribution < -0.4 is 5.32 Å². The topological polar surface area (TPSA) is 12.0 Å². The lowest BCUT2D eigenvalue weighted by molar-refractivity contribution is 0.458. The molecule has 1 fully saturated rings. The molecule has 0 saturated carbocycles. The molecule has 1 heterocycles. The van der Waals surface area contributed by atoms with Crippen molar-refractivity contribution in [3.8, 4) is 0 Å². The van der Waals surface area contributed by atoms with Crippen LogP contribution in [0.5, 0.6) is 0 Å². The van der Waals surface area contributed by atoms with Crippen molar-refractivity contribution >= 4 is 12.4 Å². The molecule has 0 aliphatic carbocycles. The molecule has 0 atom stereocenters. The van der Waals surface area contributed by atoms with Crippen LogP contribution in [0.15, 0.2) is 60.7 Å². The Bertz CT molecular complexity index is 460. The molecule has 1 aliphatic rings. The first-order chi connectivity index (χ1) is 9.42. The quantitative estimate of drug-likeness (QED) is 0.874. The van der Waals surface area contributed by atoms with Crippen molar-refractivity contribution in [2.24, 2.45) is 0 Å². The summed E-state index contributed by atoms with van der Waals surface area (Å²) in [6, 6.07) is 22.0. The predicted molar refractivity (Wildman–Crippen MR) is 87.6 cm³/mol. The fraction of sp³-hybridized carbons (Fsp3) is 0.333. The Kier molecular flexibility index (Phi) is 5.22. The van der Waals surface area contributed by atoms with Gasteiger partial charge in [-0.25, -0.2) is 0 Å². The molecule has 0 unspecified atom stereocenters. The van der Waals surface area contributed by atoms with Gasteiger partial charge in [0.2, 0.25) is 0 Å². The smallest absolute Gasteiger partial charge is 0.0215 e. The predicted octanol–water partition coefficient (Wildman–Crippen LogP) is 4.17. The van der Waals surface area contributed by atoms with Crippen LogP contribution in [0.25, 0.3) is 0 Å². The van der Waals surface area contributed by atoms with E-state index in [-0.39, 0.29) is 17.8 Å². The molecule has 2 aromatic carbocycles. The third-order valence-corrected chi connectivity index (χ3v) is 4.34. The van der Waals surface area contributed by atoms with E-state index >= 15 is 0 Å². The fourth-order valence-corrected chi connectivity index (χ4v) is 3.33. The minimum Gasteiger partial charge on any atom is -0.317 e. The molecular formula is C18H22ClN. The minimum absolute atomic E-state index is 0. The second kappa shape index (κ2) is 6.92. The third-order valence-electron chi connectivity index (χ3n) is 4.34. The van der Waals surface area contributed by atoms with Gasteiger partial charge in [0.1, 0.15) is 0 Å². The zero-order valence-corrected chi connectivity index (χ0v) is 12.5. The lowest BCUT2D eigenvalue weighted by Crippen LogP contribution is -2.29. The Morgan fingerprint density at radius 2 is 1.25 bits per heavy atom. The largest absolute Gasteiger partial charge is 0.317 e.